The Kier molecular flexibility index (Phi) is 6.20. The molecule has 2 aromatic carbocycles. The molecule has 1 aromatic heterocycles. The Morgan fingerprint density at radius 3 is 2.37 bits per heavy atom. The smallest absolute Gasteiger partial charge is 0.346 e. The van der Waals surface area contributed by atoms with Gasteiger partial charge in [0.2, 0.25) is 0 Å². The summed E-state index contributed by atoms with van der Waals surface area (Å²) in [6.45, 7) is 3.97. The van der Waals surface area contributed by atoms with Crippen LogP contribution in [-0.4, -0.2) is 35.4 Å². The molecule has 0 spiro atoms. The van der Waals surface area contributed by atoms with E-state index in [1.807, 2.05) is 47.9 Å². The Labute approximate surface area is 174 Å². The summed E-state index contributed by atoms with van der Waals surface area (Å²) >= 11 is 0. The Morgan fingerprint density at radius 1 is 1.07 bits per heavy atom. The third-order valence-corrected chi connectivity index (χ3v) is 4.97. The van der Waals surface area contributed by atoms with Crippen molar-refractivity contribution < 1.29 is 23.9 Å². The van der Waals surface area contributed by atoms with Gasteiger partial charge in [-0.2, -0.15) is 0 Å². The summed E-state index contributed by atoms with van der Waals surface area (Å²) in [5, 5.41) is 0.463. The second-order valence-corrected chi connectivity index (χ2v) is 6.87. The number of aromatic nitrogens is 1. The number of fused-ring (bicyclic) bond motifs is 1. The van der Waals surface area contributed by atoms with Crippen LogP contribution in [0.2, 0.25) is 0 Å². The average molecular weight is 408 g/mol. The quantitative estimate of drug-likeness (QED) is 0.351. The summed E-state index contributed by atoms with van der Waals surface area (Å²) in [6, 6.07) is 15.1. The standard InChI is InChI=1S/C23H24N2O5/c1-4-16-20(21(26)22(24)27)19-17(25(16)13-15-9-6-5-7-10-15)11-8-12-18(19)30-14(2)23(28)29-3/h5-12,14H,4,13H2,1-3H3,(H2,24,27)/t14-/m0/s1. The minimum atomic E-state index is -1.04. The predicted molar refractivity (Wildman–Crippen MR) is 112 cm³/mol. The number of ketones is 1. The lowest BCUT2D eigenvalue weighted by molar-refractivity contribution is -0.147. The van der Waals surface area contributed by atoms with Gasteiger partial charge in [0.25, 0.3) is 11.7 Å². The molecule has 0 aliphatic rings. The molecule has 0 aliphatic heterocycles. The van der Waals surface area contributed by atoms with Gasteiger partial charge in [-0.05, 0) is 31.0 Å². The lowest BCUT2D eigenvalue weighted by atomic mass is 10.0. The summed E-state index contributed by atoms with van der Waals surface area (Å²) < 4.78 is 12.5. The van der Waals surface area contributed by atoms with Crippen LogP contribution in [-0.2, 0) is 27.3 Å². The zero-order valence-corrected chi connectivity index (χ0v) is 17.2. The number of amides is 1. The maximum Gasteiger partial charge on any atom is 0.346 e. The highest BCUT2D eigenvalue weighted by molar-refractivity contribution is 6.45. The topological polar surface area (TPSA) is 101 Å². The Morgan fingerprint density at radius 2 is 1.77 bits per heavy atom. The highest BCUT2D eigenvalue weighted by Gasteiger charge is 2.28. The van der Waals surface area contributed by atoms with Crippen molar-refractivity contribution in [1.82, 2.24) is 4.57 Å². The fourth-order valence-corrected chi connectivity index (χ4v) is 3.61. The second kappa shape index (κ2) is 8.82. The number of carbonyl (C=O) groups excluding carboxylic acids is 3. The van der Waals surface area contributed by atoms with E-state index in [4.69, 9.17) is 15.2 Å². The monoisotopic (exact) mass is 408 g/mol. The van der Waals surface area contributed by atoms with Crippen molar-refractivity contribution in [2.45, 2.75) is 32.9 Å². The van der Waals surface area contributed by atoms with Crippen molar-refractivity contribution in [3.63, 3.8) is 0 Å². The zero-order valence-electron chi connectivity index (χ0n) is 17.2. The van der Waals surface area contributed by atoms with Gasteiger partial charge in [-0.15, -0.1) is 0 Å². The third-order valence-electron chi connectivity index (χ3n) is 4.97. The van der Waals surface area contributed by atoms with Gasteiger partial charge in [0.15, 0.2) is 6.10 Å². The first-order valence-corrected chi connectivity index (χ1v) is 9.65. The molecular formula is C23H24N2O5. The summed E-state index contributed by atoms with van der Waals surface area (Å²) in [5.41, 5.74) is 8.00. The first kappa shape index (κ1) is 21.1. The molecule has 0 fully saturated rings. The number of Topliss-reactive ketones (excluding diaryl/α,β-unsaturated/α-hetero) is 1. The van der Waals surface area contributed by atoms with Crippen molar-refractivity contribution in [3.05, 3.63) is 65.4 Å². The molecule has 0 aliphatic carbocycles. The zero-order chi connectivity index (χ0) is 21.8. The fourth-order valence-electron chi connectivity index (χ4n) is 3.61. The SMILES string of the molecule is CCc1c(C(=O)C(N)=O)c2c(O[C@@H](C)C(=O)OC)cccc2n1Cc1ccccc1. The van der Waals surface area contributed by atoms with Crippen LogP contribution in [0.5, 0.6) is 5.75 Å². The number of methoxy groups -OCH3 is 1. The summed E-state index contributed by atoms with van der Waals surface area (Å²) in [7, 11) is 1.27. The van der Waals surface area contributed by atoms with Gasteiger partial charge < -0.3 is 19.8 Å². The summed E-state index contributed by atoms with van der Waals surface area (Å²) in [4.78, 5) is 36.5. The van der Waals surface area contributed by atoms with Crippen molar-refractivity contribution in [1.29, 1.82) is 0 Å². The lowest BCUT2D eigenvalue weighted by Crippen LogP contribution is -2.26. The van der Waals surface area contributed by atoms with Crippen LogP contribution < -0.4 is 10.5 Å². The molecule has 7 nitrogen and oxygen atoms in total. The number of primary amides is 1. The number of nitrogens with zero attached hydrogens (tertiary/aromatic N) is 1. The average Bonchev–Trinajstić information content (AvgIpc) is 3.07. The van der Waals surface area contributed by atoms with Crippen molar-refractivity contribution in [3.8, 4) is 5.75 Å². The van der Waals surface area contributed by atoms with Crippen LogP contribution in [0.4, 0.5) is 0 Å². The molecule has 0 unspecified atom stereocenters. The van der Waals surface area contributed by atoms with Crippen LogP contribution in [0, 0.1) is 0 Å². The molecule has 2 N–H and O–H groups in total. The minimum absolute atomic E-state index is 0.212. The highest BCUT2D eigenvalue weighted by Crippen LogP contribution is 2.35. The maximum absolute atomic E-state index is 12.8. The van der Waals surface area contributed by atoms with E-state index in [0.29, 0.717) is 29.8 Å². The molecular weight excluding hydrogens is 384 g/mol. The van der Waals surface area contributed by atoms with Crippen molar-refractivity contribution in [2.75, 3.05) is 7.11 Å². The number of esters is 1. The molecule has 0 bridgehead atoms. The molecule has 30 heavy (non-hydrogen) atoms. The molecule has 3 aromatic rings. The number of hydrogen-bond acceptors (Lipinski definition) is 5. The number of hydrogen-bond donors (Lipinski definition) is 1. The third kappa shape index (κ3) is 3.91. The van der Waals surface area contributed by atoms with Gasteiger partial charge >= 0.3 is 5.97 Å². The van der Waals surface area contributed by atoms with E-state index in [2.05, 4.69) is 0 Å². The minimum Gasteiger partial charge on any atom is -0.478 e. The number of benzene rings is 2. The van der Waals surface area contributed by atoms with E-state index < -0.39 is 23.8 Å². The van der Waals surface area contributed by atoms with Crippen molar-refractivity contribution in [2.24, 2.45) is 5.73 Å². The maximum atomic E-state index is 12.8. The first-order chi connectivity index (χ1) is 14.4. The molecule has 0 radical (unpaired) electrons. The van der Waals surface area contributed by atoms with Gasteiger partial charge in [0, 0.05) is 12.2 Å². The van der Waals surface area contributed by atoms with E-state index in [9.17, 15) is 14.4 Å². The molecule has 156 valence electrons. The number of ether oxygens (including phenoxy) is 2. The van der Waals surface area contributed by atoms with Gasteiger partial charge in [-0.25, -0.2) is 4.79 Å². The molecule has 1 heterocycles. The normalized spacial score (nSPS) is 11.8. The van der Waals surface area contributed by atoms with E-state index in [1.165, 1.54) is 7.11 Å². The Balaban J connectivity index is 2.26. The fraction of sp³-hybridized carbons (Fsp3) is 0.261. The number of nitrogens with two attached hydrogens (primary N) is 1. The van der Waals surface area contributed by atoms with Crippen LogP contribution in [0.25, 0.3) is 10.9 Å². The largest absolute Gasteiger partial charge is 0.478 e. The van der Waals surface area contributed by atoms with Crippen LogP contribution >= 0.6 is 0 Å². The molecule has 7 heteroatoms. The lowest BCUT2D eigenvalue weighted by Gasteiger charge is -2.14. The number of carbonyl (C=O) groups is 3. The van der Waals surface area contributed by atoms with E-state index >= 15 is 0 Å². The van der Waals surface area contributed by atoms with Gasteiger partial charge in [0.1, 0.15) is 5.75 Å². The first-order valence-electron chi connectivity index (χ1n) is 9.65. The molecule has 0 saturated carbocycles. The molecule has 3 rings (SSSR count). The Hall–Kier alpha value is -3.61. The highest BCUT2D eigenvalue weighted by atomic mass is 16.6. The van der Waals surface area contributed by atoms with Crippen LogP contribution in [0.1, 0.15) is 35.5 Å². The van der Waals surface area contributed by atoms with E-state index in [-0.39, 0.29) is 5.56 Å². The van der Waals surface area contributed by atoms with Crippen LogP contribution in [0.15, 0.2) is 48.5 Å². The Bertz CT molecular complexity index is 1100. The summed E-state index contributed by atoms with van der Waals surface area (Å²) in [5.74, 6) is -2.06. The predicted octanol–water partition coefficient (Wildman–Crippen LogP) is 2.86. The molecule has 1 amide bonds. The van der Waals surface area contributed by atoms with E-state index in [0.717, 1.165) is 11.1 Å². The van der Waals surface area contributed by atoms with E-state index in [1.54, 1.807) is 19.1 Å². The second-order valence-electron chi connectivity index (χ2n) is 6.87. The molecule has 0 saturated heterocycles. The number of rotatable bonds is 8. The van der Waals surface area contributed by atoms with Crippen LogP contribution in [0.3, 0.4) is 0 Å². The van der Waals surface area contributed by atoms with Gasteiger partial charge in [0.05, 0.1) is 23.6 Å². The summed E-state index contributed by atoms with van der Waals surface area (Å²) in [6.07, 6.45) is -0.387. The van der Waals surface area contributed by atoms with Gasteiger partial charge in [-0.3, -0.25) is 9.59 Å². The van der Waals surface area contributed by atoms with Crippen molar-refractivity contribution >= 4 is 28.6 Å². The van der Waals surface area contributed by atoms with Gasteiger partial charge in [-0.1, -0.05) is 43.3 Å². The molecule has 1 atom stereocenters.